The number of hydrogen-bond acceptors (Lipinski definition) is 5. The van der Waals surface area contributed by atoms with Crippen LogP contribution in [-0.4, -0.2) is 31.4 Å². The standard InChI is InChI=1S/C22H17Cl2N5OS/c1-14-5-7-16(8-6-14)29-21(15-9-11-25-12-10-15)27-28-22(29)31-13-19(30)26-20-17(23)3-2-4-18(20)24/h2-12H,13H2,1H3,(H,26,30). The monoisotopic (exact) mass is 469 g/mol. The second kappa shape index (κ2) is 9.51. The highest BCUT2D eigenvalue weighted by molar-refractivity contribution is 7.99. The number of para-hydroxylation sites is 1. The molecular formula is C22H17Cl2N5OS. The predicted octanol–water partition coefficient (Wildman–Crippen LogP) is 5.68. The number of thioether (sulfide) groups is 1. The Balaban J connectivity index is 1.60. The zero-order chi connectivity index (χ0) is 21.8. The number of carbonyl (C=O) groups excluding carboxylic acids is 1. The van der Waals surface area contributed by atoms with E-state index in [-0.39, 0.29) is 11.7 Å². The van der Waals surface area contributed by atoms with E-state index >= 15 is 0 Å². The minimum atomic E-state index is -0.246. The summed E-state index contributed by atoms with van der Waals surface area (Å²) < 4.78 is 1.93. The van der Waals surface area contributed by atoms with Crippen molar-refractivity contribution in [1.82, 2.24) is 19.7 Å². The Morgan fingerprint density at radius 3 is 2.35 bits per heavy atom. The number of halogens is 2. The normalized spacial score (nSPS) is 10.8. The number of aromatic nitrogens is 4. The quantitative estimate of drug-likeness (QED) is 0.368. The molecule has 31 heavy (non-hydrogen) atoms. The van der Waals surface area contributed by atoms with Crippen molar-refractivity contribution < 1.29 is 4.79 Å². The summed E-state index contributed by atoms with van der Waals surface area (Å²) in [7, 11) is 0. The van der Waals surface area contributed by atoms with Gasteiger partial charge in [-0.15, -0.1) is 10.2 Å². The Kier molecular flexibility index (Phi) is 6.56. The number of amides is 1. The van der Waals surface area contributed by atoms with Crippen LogP contribution in [0.3, 0.4) is 0 Å². The molecule has 6 nitrogen and oxygen atoms in total. The molecule has 0 saturated heterocycles. The van der Waals surface area contributed by atoms with Crippen LogP contribution in [0, 0.1) is 6.92 Å². The Labute approximate surface area is 193 Å². The number of carbonyl (C=O) groups is 1. The van der Waals surface area contributed by atoms with Crippen molar-refractivity contribution in [3.8, 4) is 17.1 Å². The lowest BCUT2D eigenvalue weighted by atomic mass is 10.2. The minimum absolute atomic E-state index is 0.113. The Morgan fingerprint density at radius 1 is 1.00 bits per heavy atom. The molecule has 4 rings (SSSR count). The highest BCUT2D eigenvalue weighted by Gasteiger charge is 2.18. The average Bonchev–Trinajstić information content (AvgIpc) is 3.20. The zero-order valence-electron chi connectivity index (χ0n) is 16.4. The van der Waals surface area contributed by atoms with E-state index in [2.05, 4.69) is 20.5 Å². The highest BCUT2D eigenvalue weighted by Crippen LogP contribution is 2.31. The van der Waals surface area contributed by atoms with Gasteiger partial charge in [0.25, 0.3) is 0 Å². The van der Waals surface area contributed by atoms with Crippen LogP contribution in [0.4, 0.5) is 5.69 Å². The molecule has 0 aliphatic heterocycles. The molecule has 9 heteroatoms. The third-order valence-electron chi connectivity index (χ3n) is 4.42. The Hall–Kier alpha value is -2.87. The van der Waals surface area contributed by atoms with Gasteiger partial charge >= 0.3 is 0 Å². The van der Waals surface area contributed by atoms with Gasteiger partial charge in [0.1, 0.15) is 0 Å². The lowest BCUT2D eigenvalue weighted by Crippen LogP contribution is -2.15. The molecule has 4 aromatic rings. The van der Waals surface area contributed by atoms with Gasteiger partial charge < -0.3 is 5.32 Å². The topological polar surface area (TPSA) is 72.7 Å². The first-order chi connectivity index (χ1) is 15.0. The molecule has 2 aromatic carbocycles. The van der Waals surface area contributed by atoms with Crippen LogP contribution in [0.1, 0.15) is 5.56 Å². The fourth-order valence-corrected chi connectivity index (χ4v) is 4.14. The third-order valence-corrected chi connectivity index (χ3v) is 5.98. The maximum Gasteiger partial charge on any atom is 0.234 e. The number of anilines is 1. The minimum Gasteiger partial charge on any atom is -0.323 e. The highest BCUT2D eigenvalue weighted by atomic mass is 35.5. The van der Waals surface area contributed by atoms with E-state index in [0.29, 0.717) is 26.7 Å². The molecule has 0 fully saturated rings. The molecule has 0 bridgehead atoms. The molecular weight excluding hydrogens is 453 g/mol. The summed E-state index contributed by atoms with van der Waals surface area (Å²) >= 11 is 13.6. The van der Waals surface area contributed by atoms with Gasteiger partial charge in [0.15, 0.2) is 11.0 Å². The van der Waals surface area contributed by atoms with Crippen molar-refractivity contribution in [3.05, 3.63) is 82.6 Å². The molecule has 0 unspecified atom stereocenters. The number of benzene rings is 2. The SMILES string of the molecule is Cc1ccc(-n2c(SCC(=O)Nc3c(Cl)cccc3Cl)nnc2-c2ccncc2)cc1. The van der Waals surface area contributed by atoms with Crippen LogP contribution >= 0.6 is 35.0 Å². The summed E-state index contributed by atoms with van der Waals surface area (Å²) in [5.74, 6) is 0.536. The number of nitrogens with one attached hydrogen (secondary N) is 1. The molecule has 1 amide bonds. The second-order valence-corrected chi connectivity index (χ2v) is 8.40. The second-order valence-electron chi connectivity index (χ2n) is 6.65. The maximum atomic E-state index is 12.5. The van der Waals surface area contributed by atoms with Gasteiger partial charge in [0.2, 0.25) is 5.91 Å². The summed E-state index contributed by atoms with van der Waals surface area (Å²) in [5, 5.41) is 12.8. The summed E-state index contributed by atoms with van der Waals surface area (Å²) in [6, 6.07) is 16.8. The van der Waals surface area contributed by atoms with Gasteiger partial charge in [-0.25, -0.2) is 0 Å². The van der Waals surface area contributed by atoms with Crippen molar-refractivity contribution >= 4 is 46.6 Å². The van der Waals surface area contributed by atoms with Crippen molar-refractivity contribution in [3.63, 3.8) is 0 Å². The van der Waals surface area contributed by atoms with Crippen LogP contribution < -0.4 is 5.32 Å². The molecule has 156 valence electrons. The van der Waals surface area contributed by atoms with Gasteiger partial charge in [-0.05, 0) is 43.3 Å². The lowest BCUT2D eigenvalue weighted by Gasteiger charge is -2.11. The van der Waals surface area contributed by atoms with E-state index < -0.39 is 0 Å². The predicted molar refractivity (Wildman–Crippen MR) is 125 cm³/mol. The van der Waals surface area contributed by atoms with Crippen molar-refractivity contribution in [2.75, 3.05) is 11.1 Å². The number of aryl methyl sites for hydroxylation is 1. The van der Waals surface area contributed by atoms with Crippen molar-refractivity contribution in [2.45, 2.75) is 12.1 Å². The fourth-order valence-electron chi connectivity index (χ4n) is 2.90. The number of pyridine rings is 1. The number of nitrogens with zero attached hydrogens (tertiary/aromatic N) is 4. The van der Waals surface area contributed by atoms with Crippen LogP contribution in [0.15, 0.2) is 72.1 Å². The van der Waals surface area contributed by atoms with Crippen LogP contribution in [0.5, 0.6) is 0 Å². The van der Waals surface area contributed by atoms with E-state index in [1.807, 2.05) is 47.9 Å². The van der Waals surface area contributed by atoms with E-state index in [4.69, 9.17) is 23.2 Å². The van der Waals surface area contributed by atoms with E-state index in [1.165, 1.54) is 11.8 Å². The summed E-state index contributed by atoms with van der Waals surface area (Å²) in [5.41, 5.74) is 3.32. The van der Waals surface area contributed by atoms with Crippen LogP contribution in [-0.2, 0) is 4.79 Å². The van der Waals surface area contributed by atoms with Gasteiger partial charge in [-0.3, -0.25) is 14.3 Å². The van der Waals surface area contributed by atoms with Crippen LogP contribution in [0.2, 0.25) is 10.0 Å². The molecule has 0 saturated carbocycles. The Morgan fingerprint density at radius 2 is 1.68 bits per heavy atom. The zero-order valence-corrected chi connectivity index (χ0v) is 18.7. The summed E-state index contributed by atoms with van der Waals surface area (Å²) in [6.07, 6.45) is 3.41. The molecule has 0 spiro atoms. The van der Waals surface area contributed by atoms with E-state index in [0.717, 1.165) is 16.8 Å². The summed E-state index contributed by atoms with van der Waals surface area (Å²) in [4.78, 5) is 16.6. The van der Waals surface area contributed by atoms with Gasteiger partial charge in [-0.1, -0.05) is 58.7 Å². The molecule has 0 atom stereocenters. The maximum absolute atomic E-state index is 12.5. The van der Waals surface area contributed by atoms with Crippen LogP contribution in [0.25, 0.3) is 17.1 Å². The molecule has 2 heterocycles. The van der Waals surface area contributed by atoms with Crippen molar-refractivity contribution in [1.29, 1.82) is 0 Å². The summed E-state index contributed by atoms with van der Waals surface area (Å²) in [6.45, 7) is 2.03. The lowest BCUT2D eigenvalue weighted by molar-refractivity contribution is -0.113. The largest absolute Gasteiger partial charge is 0.323 e. The van der Waals surface area contributed by atoms with Crippen molar-refractivity contribution in [2.24, 2.45) is 0 Å². The van der Waals surface area contributed by atoms with E-state index in [1.54, 1.807) is 30.6 Å². The smallest absolute Gasteiger partial charge is 0.234 e. The average molecular weight is 470 g/mol. The molecule has 0 aliphatic carbocycles. The third kappa shape index (κ3) is 4.90. The molecule has 2 aromatic heterocycles. The Bertz CT molecular complexity index is 1190. The fraction of sp³-hybridized carbons (Fsp3) is 0.0909. The van der Waals surface area contributed by atoms with Gasteiger partial charge in [0.05, 0.1) is 21.5 Å². The van der Waals surface area contributed by atoms with Gasteiger partial charge in [-0.2, -0.15) is 0 Å². The van der Waals surface area contributed by atoms with E-state index in [9.17, 15) is 4.79 Å². The number of hydrogen-bond donors (Lipinski definition) is 1. The first-order valence-corrected chi connectivity index (χ1v) is 11.1. The number of rotatable bonds is 6. The molecule has 1 N–H and O–H groups in total. The molecule has 0 radical (unpaired) electrons. The molecule has 0 aliphatic rings. The first-order valence-electron chi connectivity index (χ1n) is 9.32. The first kappa shape index (κ1) is 21.4. The van der Waals surface area contributed by atoms with Gasteiger partial charge in [0, 0.05) is 23.6 Å².